The fraction of sp³-hybridized carbons (Fsp3) is 0.533. The Hall–Kier alpha value is -1.55. The minimum absolute atomic E-state index is 0.162. The van der Waals surface area contributed by atoms with Gasteiger partial charge in [-0.05, 0) is 25.0 Å². The molecule has 1 aromatic rings. The molecule has 0 spiro atoms. The highest BCUT2D eigenvalue weighted by molar-refractivity contribution is 5.97. The molecule has 0 unspecified atom stereocenters. The summed E-state index contributed by atoms with van der Waals surface area (Å²) in [5.41, 5.74) is 1.91. The van der Waals surface area contributed by atoms with Crippen molar-refractivity contribution in [1.82, 2.24) is 10.2 Å². The molecule has 0 bridgehead atoms. The predicted molar refractivity (Wildman–Crippen MR) is 73.6 cm³/mol. The Morgan fingerprint density at radius 1 is 1.47 bits per heavy atom. The van der Waals surface area contributed by atoms with Gasteiger partial charge in [0.05, 0.1) is 6.61 Å². The second kappa shape index (κ2) is 5.21. The van der Waals surface area contributed by atoms with Gasteiger partial charge in [-0.3, -0.25) is 4.79 Å². The minimum atomic E-state index is 0.162. The highest BCUT2D eigenvalue weighted by Gasteiger charge is 2.35. The molecule has 0 radical (unpaired) electrons. The van der Waals surface area contributed by atoms with Crippen LogP contribution in [0.2, 0.25) is 0 Å². The summed E-state index contributed by atoms with van der Waals surface area (Å²) < 4.78 is 5.79. The number of nitrogens with zero attached hydrogens (tertiary/aromatic N) is 1. The van der Waals surface area contributed by atoms with E-state index in [1.807, 2.05) is 23.1 Å². The normalized spacial score (nSPS) is 21.8. The second-order valence-electron chi connectivity index (χ2n) is 5.19. The molecule has 0 saturated carbocycles. The van der Waals surface area contributed by atoms with Crippen molar-refractivity contribution < 1.29 is 9.53 Å². The molecule has 2 aliphatic rings. The van der Waals surface area contributed by atoms with Crippen LogP contribution in [0.4, 0.5) is 0 Å². The Morgan fingerprint density at radius 2 is 2.37 bits per heavy atom. The fourth-order valence-electron chi connectivity index (χ4n) is 2.92. The first-order chi connectivity index (χ1) is 9.31. The number of nitrogens with one attached hydrogen (secondary N) is 1. The van der Waals surface area contributed by atoms with Crippen molar-refractivity contribution in [3.63, 3.8) is 0 Å². The van der Waals surface area contributed by atoms with Gasteiger partial charge in [0.2, 0.25) is 0 Å². The maximum atomic E-state index is 12.5. The van der Waals surface area contributed by atoms with Crippen LogP contribution in [0.25, 0.3) is 0 Å². The monoisotopic (exact) mass is 260 g/mol. The highest BCUT2D eigenvalue weighted by atomic mass is 16.5. The van der Waals surface area contributed by atoms with E-state index in [2.05, 4.69) is 12.2 Å². The average molecular weight is 260 g/mol. The summed E-state index contributed by atoms with van der Waals surface area (Å²) in [7, 11) is 0. The third kappa shape index (κ3) is 2.21. The molecule has 2 aliphatic heterocycles. The molecule has 4 heteroatoms. The summed E-state index contributed by atoms with van der Waals surface area (Å²) >= 11 is 0. The molecule has 4 nitrogen and oxygen atoms in total. The second-order valence-corrected chi connectivity index (χ2v) is 5.19. The van der Waals surface area contributed by atoms with Gasteiger partial charge in [0.15, 0.2) is 0 Å². The van der Waals surface area contributed by atoms with Crippen molar-refractivity contribution in [3.05, 3.63) is 29.3 Å². The van der Waals surface area contributed by atoms with Crippen LogP contribution in [0.15, 0.2) is 18.2 Å². The van der Waals surface area contributed by atoms with Crippen LogP contribution in [-0.2, 0) is 6.42 Å². The van der Waals surface area contributed by atoms with Gasteiger partial charge in [-0.1, -0.05) is 13.0 Å². The van der Waals surface area contributed by atoms with Gasteiger partial charge in [-0.25, -0.2) is 0 Å². The van der Waals surface area contributed by atoms with Crippen LogP contribution in [0.5, 0.6) is 5.75 Å². The molecule has 1 saturated heterocycles. The lowest BCUT2D eigenvalue weighted by atomic mass is 9.91. The SMILES string of the molecule is CCCOc1cccc2c1C[C@@H]1CNCCN1C2=O. The first-order valence-corrected chi connectivity index (χ1v) is 7.07. The summed E-state index contributed by atoms with van der Waals surface area (Å²) in [6.07, 6.45) is 1.88. The number of carbonyl (C=O) groups excluding carboxylic acids is 1. The largest absolute Gasteiger partial charge is 0.493 e. The lowest BCUT2D eigenvalue weighted by molar-refractivity contribution is 0.0603. The Balaban J connectivity index is 1.94. The van der Waals surface area contributed by atoms with E-state index in [1.165, 1.54) is 0 Å². The number of hydrogen-bond acceptors (Lipinski definition) is 3. The van der Waals surface area contributed by atoms with E-state index in [0.717, 1.165) is 49.4 Å². The highest BCUT2D eigenvalue weighted by Crippen LogP contribution is 2.31. The summed E-state index contributed by atoms with van der Waals surface area (Å²) in [4.78, 5) is 14.5. The molecule has 1 aromatic carbocycles. The zero-order chi connectivity index (χ0) is 13.2. The standard InChI is InChI=1S/C15H20N2O2/c1-2-8-19-14-5-3-4-12-13(14)9-11-10-16-6-7-17(11)15(12)18/h3-5,11,16H,2,6-10H2,1H3/t11-/m1/s1. The molecule has 3 rings (SSSR count). The molecule has 1 fully saturated rings. The Kier molecular flexibility index (Phi) is 3.42. The number of ether oxygens (including phenoxy) is 1. The van der Waals surface area contributed by atoms with Crippen molar-refractivity contribution in [2.24, 2.45) is 0 Å². The van der Waals surface area contributed by atoms with E-state index >= 15 is 0 Å². The maximum absolute atomic E-state index is 12.5. The molecule has 1 atom stereocenters. The number of hydrogen-bond donors (Lipinski definition) is 1. The summed E-state index contributed by atoms with van der Waals surface area (Å²) in [6, 6.07) is 6.10. The third-order valence-electron chi connectivity index (χ3n) is 3.88. The van der Waals surface area contributed by atoms with Gasteiger partial charge in [0, 0.05) is 36.8 Å². The molecule has 1 amide bonds. The van der Waals surface area contributed by atoms with Gasteiger partial charge < -0.3 is 15.0 Å². The Morgan fingerprint density at radius 3 is 3.21 bits per heavy atom. The van der Waals surface area contributed by atoms with E-state index in [1.54, 1.807) is 0 Å². The number of benzene rings is 1. The first-order valence-electron chi connectivity index (χ1n) is 7.07. The van der Waals surface area contributed by atoms with Crippen molar-refractivity contribution >= 4 is 5.91 Å². The predicted octanol–water partition coefficient (Wildman–Crippen LogP) is 1.45. The van der Waals surface area contributed by atoms with E-state index in [4.69, 9.17) is 4.74 Å². The molecule has 19 heavy (non-hydrogen) atoms. The first kappa shape index (κ1) is 12.5. The van der Waals surface area contributed by atoms with Gasteiger partial charge in [0.25, 0.3) is 5.91 Å². The smallest absolute Gasteiger partial charge is 0.254 e. The van der Waals surface area contributed by atoms with Crippen molar-refractivity contribution in [2.45, 2.75) is 25.8 Å². The van der Waals surface area contributed by atoms with Crippen LogP contribution in [0, 0.1) is 0 Å². The number of piperazine rings is 1. The minimum Gasteiger partial charge on any atom is -0.493 e. The maximum Gasteiger partial charge on any atom is 0.254 e. The Bertz CT molecular complexity index is 487. The molecule has 102 valence electrons. The topological polar surface area (TPSA) is 41.6 Å². The van der Waals surface area contributed by atoms with E-state index < -0.39 is 0 Å². The molecule has 0 aromatic heterocycles. The van der Waals surface area contributed by atoms with Crippen LogP contribution in [0.1, 0.15) is 29.3 Å². The lowest BCUT2D eigenvalue weighted by Crippen LogP contribution is -2.56. The summed E-state index contributed by atoms with van der Waals surface area (Å²) in [5, 5.41) is 3.36. The zero-order valence-electron chi connectivity index (χ0n) is 11.3. The van der Waals surface area contributed by atoms with Crippen LogP contribution < -0.4 is 10.1 Å². The third-order valence-corrected chi connectivity index (χ3v) is 3.88. The lowest BCUT2D eigenvalue weighted by Gasteiger charge is -2.40. The molecular formula is C15H20N2O2. The number of rotatable bonds is 3. The van der Waals surface area contributed by atoms with Crippen LogP contribution in [-0.4, -0.2) is 43.1 Å². The van der Waals surface area contributed by atoms with Gasteiger partial charge in [-0.2, -0.15) is 0 Å². The van der Waals surface area contributed by atoms with Crippen LogP contribution >= 0.6 is 0 Å². The molecule has 0 aliphatic carbocycles. The molecular weight excluding hydrogens is 240 g/mol. The van der Waals surface area contributed by atoms with Gasteiger partial charge in [-0.15, -0.1) is 0 Å². The van der Waals surface area contributed by atoms with Gasteiger partial charge >= 0.3 is 0 Å². The summed E-state index contributed by atoms with van der Waals surface area (Å²) in [6.45, 7) is 5.38. The van der Waals surface area contributed by atoms with E-state index in [9.17, 15) is 4.79 Å². The summed E-state index contributed by atoms with van der Waals surface area (Å²) in [5.74, 6) is 1.05. The van der Waals surface area contributed by atoms with Crippen LogP contribution in [0.3, 0.4) is 0 Å². The Labute approximate surface area is 113 Å². The number of fused-ring (bicyclic) bond motifs is 2. The van der Waals surface area contributed by atoms with Crippen molar-refractivity contribution in [3.8, 4) is 5.75 Å². The fourth-order valence-corrected chi connectivity index (χ4v) is 2.92. The van der Waals surface area contributed by atoms with E-state index in [-0.39, 0.29) is 11.9 Å². The van der Waals surface area contributed by atoms with Crippen molar-refractivity contribution in [2.75, 3.05) is 26.2 Å². The quantitative estimate of drug-likeness (QED) is 0.894. The zero-order valence-corrected chi connectivity index (χ0v) is 11.3. The molecule has 2 heterocycles. The van der Waals surface area contributed by atoms with Gasteiger partial charge in [0.1, 0.15) is 5.75 Å². The van der Waals surface area contributed by atoms with Crippen molar-refractivity contribution in [1.29, 1.82) is 0 Å². The number of carbonyl (C=O) groups is 1. The average Bonchev–Trinajstić information content (AvgIpc) is 2.46. The van der Waals surface area contributed by atoms with E-state index in [0.29, 0.717) is 6.61 Å². The number of amides is 1. The molecule has 1 N–H and O–H groups in total.